The third-order valence-corrected chi connectivity index (χ3v) is 4.85. The Morgan fingerprint density at radius 3 is 2.65 bits per heavy atom. The number of ether oxygens (including phenoxy) is 1. The van der Waals surface area contributed by atoms with Crippen LogP contribution in [0.15, 0.2) is 18.2 Å². The van der Waals surface area contributed by atoms with Gasteiger partial charge in [-0.25, -0.2) is 8.42 Å². The third kappa shape index (κ3) is 5.92. The van der Waals surface area contributed by atoms with Gasteiger partial charge < -0.3 is 10.5 Å². The van der Waals surface area contributed by atoms with Gasteiger partial charge in [-0.05, 0) is 38.3 Å². The summed E-state index contributed by atoms with van der Waals surface area (Å²) in [6, 6.07) is 6.06. The Balaban J connectivity index is 2.59. The molecule has 0 fully saturated rings. The first-order chi connectivity index (χ1) is 9.34. The van der Waals surface area contributed by atoms with E-state index in [4.69, 9.17) is 10.5 Å². The van der Waals surface area contributed by atoms with Crippen LogP contribution in [0.25, 0.3) is 0 Å². The average Bonchev–Trinajstić information content (AvgIpc) is 2.36. The second kappa shape index (κ2) is 7.64. The van der Waals surface area contributed by atoms with Crippen LogP contribution in [0.5, 0.6) is 5.75 Å². The molecule has 0 aromatic heterocycles. The molecule has 1 unspecified atom stereocenters. The fourth-order valence-corrected chi connectivity index (χ4v) is 2.81. The molecule has 0 bridgehead atoms. The molecule has 0 aliphatic rings. The van der Waals surface area contributed by atoms with Crippen LogP contribution >= 0.6 is 0 Å². The van der Waals surface area contributed by atoms with Crippen LogP contribution in [-0.4, -0.2) is 32.6 Å². The summed E-state index contributed by atoms with van der Waals surface area (Å²) in [7, 11) is -2.91. The third-order valence-electron chi connectivity index (χ3n) is 3.05. The average molecular weight is 299 g/mol. The highest BCUT2D eigenvalue weighted by atomic mass is 32.2. The predicted octanol–water partition coefficient (Wildman–Crippen LogP) is 2.09. The Kier molecular flexibility index (Phi) is 6.49. The molecule has 0 aliphatic heterocycles. The summed E-state index contributed by atoms with van der Waals surface area (Å²) in [6.45, 7) is 6.06. The van der Waals surface area contributed by atoms with Crippen LogP contribution in [0.3, 0.4) is 0 Å². The Morgan fingerprint density at radius 2 is 2.05 bits per heavy atom. The quantitative estimate of drug-likeness (QED) is 0.746. The topological polar surface area (TPSA) is 69.4 Å². The van der Waals surface area contributed by atoms with Gasteiger partial charge in [-0.2, -0.15) is 0 Å². The molecule has 20 heavy (non-hydrogen) atoms. The summed E-state index contributed by atoms with van der Waals surface area (Å²) in [6.07, 6.45) is 1.27. The van der Waals surface area contributed by atoms with Crippen molar-refractivity contribution in [3.8, 4) is 5.75 Å². The first kappa shape index (κ1) is 17.0. The van der Waals surface area contributed by atoms with Crippen LogP contribution in [0.1, 0.15) is 31.4 Å². The number of aryl methyl sites for hydroxylation is 1. The van der Waals surface area contributed by atoms with Crippen molar-refractivity contribution in [1.82, 2.24) is 0 Å². The van der Waals surface area contributed by atoms with Gasteiger partial charge in [-0.15, -0.1) is 0 Å². The molecule has 1 aromatic carbocycles. The van der Waals surface area contributed by atoms with Crippen molar-refractivity contribution in [2.45, 2.75) is 39.7 Å². The van der Waals surface area contributed by atoms with E-state index in [9.17, 15) is 8.42 Å². The van der Waals surface area contributed by atoms with E-state index in [0.717, 1.165) is 17.7 Å². The minimum absolute atomic E-state index is 0.0691. The van der Waals surface area contributed by atoms with Crippen LogP contribution in [0, 0.1) is 6.92 Å². The fourth-order valence-electron chi connectivity index (χ4n) is 1.96. The molecule has 0 radical (unpaired) electrons. The summed E-state index contributed by atoms with van der Waals surface area (Å²) in [5.41, 5.74) is 8.09. The highest BCUT2D eigenvalue weighted by Crippen LogP contribution is 2.21. The lowest BCUT2D eigenvalue weighted by molar-refractivity contribution is 0.314. The SMILES string of the molecule is CCS(=O)(=O)CCCOc1ccc(C)cc1CC(C)N. The number of rotatable bonds is 8. The number of hydrogen-bond acceptors (Lipinski definition) is 4. The molecule has 4 nitrogen and oxygen atoms in total. The van der Waals surface area contributed by atoms with E-state index in [0.29, 0.717) is 13.0 Å². The minimum Gasteiger partial charge on any atom is -0.493 e. The van der Waals surface area contributed by atoms with Gasteiger partial charge in [0.1, 0.15) is 15.6 Å². The van der Waals surface area contributed by atoms with E-state index in [1.807, 2.05) is 26.0 Å². The molecule has 0 saturated carbocycles. The minimum atomic E-state index is -2.91. The zero-order chi connectivity index (χ0) is 15.2. The van der Waals surface area contributed by atoms with Gasteiger partial charge >= 0.3 is 0 Å². The summed E-state index contributed by atoms with van der Waals surface area (Å²) in [5, 5.41) is 0. The number of sulfone groups is 1. The van der Waals surface area contributed by atoms with Crippen molar-refractivity contribution in [1.29, 1.82) is 0 Å². The molecule has 1 rings (SSSR count). The Morgan fingerprint density at radius 1 is 1.35 bits per heavy atom. The Labute approximate surface area is 122 Å². The van der Waals surface area contributed by atoms with Crippen molar-refractivity contribution < 1.29 is 13.2 Å². The molecule has 0 heterocycles. The molecule has 0 spiro atoms. The van der Waals surface area contributed by atoms with Crippen molar-refractivity contribution in [2.75, 3.05) is 18.1 Å². The number of benzene rings is 1. The van der Waals surface area contributed by atoms with Gasteiger partial charge in [0.25, 0.3) is 0 Å². The molecule has 2 N–H and O–H groups in total. The first-order valence-electron chi connectivity index (χ1n) is 7.02. The maximum atomic E-state index is 11.4. The second-order valence-electron chi connectivity index (χ2n) is 5.23. The van der Waals surface area contributed by atoms with Crippen molar-refractivity contribution in [3.63, 3.8) is 0 Å². The van der Waals surface area contributed by atoms with Crippen LogP contribution in [-0.2, 0) is 16.3 Å². The van der Waals surface area contributed by atoms with Crippen molar-refractivity contribution >= 4 is 9.84 Å². The summed E-state index contributed by atoms with van der Waals surface area (Å²) >= 11 is 0. The Hall–Kier alpha value is -1.07. The first-order valence-corrected chi connectivity index (χ1v) is 8.84. The van der Waals surface area contributed by atoms with Gasteiger partial charge in [0.2, 0.25) is 0 Å². The van der Waals surface area contributed by atoms with Gasteiger partial charge in [-0.3, -0.25) is 0 Å². The molecule has 5 heteroatoms. The second-order valence-corrected chi connectivity index (χ2v) is 7.70. The lowest BCUT2D eigenvalue weighted by Gasteiger charge is -2.14. The molecule has 0 amide bonds. The zero-order valence-corrected chi connectivity index (χ0v) is 13.4. The zero-order valence-electron chi connectivity index (χ0n) is 12.6. The largest absolute Gasteiger partial charge is 0.493 e. The molecule has 114 valence electrons. The fraction of sp³-hybridized carbons (Fsp3) is 0.600. The lowest BCUT2D eigenvalue weighted by atomic mass is 10.0. The summed E-state index contributed by atoms with van der Waals surface area (Å²) in [5.74, 6) is 1.17. The maximum Gasteiger partial charge on any atom is 0.150 e. The standard InChI is InChI=1S/C15H25NO3S/c1-4-20(17,18)9-5-8-19-15-7-6-12(2)10-14(15)11-13(3)16/h6-7,10,13H,4-5,8-9,11,16H2,1-3H3. The van der Waals surface area contributed by atoms with E-state index < -0.39 is 9.84 Å². The number of hydrogen-bond donors (Lipinski definition) is 1. The monoisotopic (exact) mass is 299 g/mol. The summed E-state index contributed by atoms with van der Waals surface area (Å²) < 4.78 is 28.5. The van der Waals surface area contributed by atoms with Gasteiger partial charge in [-0.1, -0.05) is 24.6 Å². The predicted molar refractivity (Wildman–Crippen MR) is 83.0 cm³/mol. The lowest BCUT2D eigenvalue weighted by Crippen LogP contribution is -2.18. The number of nitrogens with two attached hydrogens (primary N) is 1. The van der Waals surface area contributed by atoms with E-state index >= 15 is 0 Å². The summed E-state index contributed by atoms with van der Waals surface area (Å²) in [4.78, 5) is 0. The normalized spacial score (nSPS) is 13.2. The molecular weight excluding hydrogens is 274 g/mol. The van der Waals surface area contributed by atoms with Crippen molar-refractivity contribution in [2.24, 2.45) is 5.73 Å². The molecular formula is C15H25NO3S. The van der Waals surface area contributed by atoms with E-state index in [-0.39, 0.29) is 17.5 Å². The van der Waals surface area contributed by atoms with Crippen LogP contribution in [0.2, 0.25) is 0 Å². The molecule has 0 saturated heterocycles. The van der Waals surface area contributed by atoms with E-state index in [2.05, 4.69) is 6.07 Å². The van der Waals surface area contributed by atoms with Crippen molar-refractivity contribution in [3.05, 3.63) is 29.3 Å². The van der Waals surface area contributed by atoms with Crippen LogP contribution < -0.4 is 10.5 Å². The van der Waals surface area contributed by atoms with E-state index in [1.54, 1.807) is 6.92 Å². The van der Waals surface area contributed by atoms with Gasteiger partial charge in [0.05, 0.1) is 12.4 Å². The highest BCUT2D eigenvalue weighted by Gasteiger charge is 2.09. The molecule has 1 atom stereocenters. The van der Waals surface area contributed by atoms with Gasteiger partial charge in [0.15, 0.2) is 0 Å². The van der Waals surface area contributed by atoms with Gasteiger partial charge in [0, 0.05) is 11.8 Å². The van der Waals surface area contributed by atoms with Crippen LogP contribution in [0.4, 0.5) is 0 Å². The molecule has 1 aromatic rings. The Bertz CT molecular complexity index is 524. The smallest absolute Gasteiger partial charge is 0.150 e. The molecule has 0 aliphatic carbocycles. The van der Waals surface area contributed by atoms with E-state index in [1.165, 1.54) is 5.56 Å². The maximum absolute atomic E-state index is 11.4. The highest BCUT2D eigenvalue weighted by molar-refractivity contribution is 7.91.